The number of likely N-dealkylation sites (tertiary alicyclic amines) is 1. The molecule has 2 atom stereocenters. The summed E-state index contributed by atoms with van der Waals surface area (Å²) in [5, 5.41) is 3.46. The Hall–Kier alpha value is -3.13. The number of carbonyl (C=O) groups excluding carboxylic acids is 1. The van der Waals surface area contributed by atoms with Crippen LogP contribution in [-0.2, 0) is 19.3 Å². The number of amides is 1. The van der Waals surface area contributed by atoms with Gasteiger partial charge in [0.25, 0.3) is 5.91 Å². The number of imidazole rings is 1. The van der Waals surface area contributed by atoms with Crippen molar-refractivity contribution in [2.75, 3.05) is 13.1 Å². The highest BCUT2D eigenvalue weighted by molar-refractivity contribution is 5.92. The van der Waals surface area contributed by atoms with E-state index in [1.165, 1.54) is 17.7 Å². The smallest absolute Gasteiger partial charge is 0.337 e. The number of benzene rings is 2. The van der Waals surface area contributed by atoms with E-state index in [1.807, 2.05) is 22.8 Å². The van der Waals surface area contributed by atoms with Gasteiger partial charge in [-0.15, -0.1) is 0 Å². The van der Waals surface area contributed by atoms with E-state index in [0.29, 0.717) is 43.9 Å². The number of nitrogens with zero attached hydrogens (tertiary/aromatic N) is 3. The molecule has 0 saturated carbocycles. The van der Waals surface area contributed by atoms with E-state index in [9.17, 15) is 18.0 Å². The van der Waals surface area contributed by atoms with Crippen molar-refractivity contribution in [3.05, 3.63) is 89.0 Å². The molecule has 1 fully saturated rings. The predicted molar refractivity (Wildman–Crippen MR) is 113 cm³/mol. The number of halogens is 3. The summed E-state index contributed by atoms with van der Waals surface area (Å²) in [4.78, 5) is 19.3. The van der Waals surface area contributed by atoms with Crippen LogP contribution in [0.4, 0.5) is 13.2 Å². The number of hydrogen-bond acceptors (Lipinski definition) is 3. The molecule has 1 N–H and O–H groups in total. The lowest BCUT2D eigenvalue weighted by Gasteiger charge is -2.25. The first kappa shape index (κ1) is 20.8. The van der Waals surface area contributed by atoms with Gasteiger partial charge in [-0.2, -0.15) is 13.2 Å². The fourth-order valence-electron chi connectivity index (χ4n) is 4.59. The molecule has 2 aromatic carbocycles. The first-order chi connectivity index (χ1) is 15.4. The molecule has 3 heterocycles. The first-order valence-corrected chi connectivity index (χ1v) is 10.7. The average molecular weight is 440 g/mol. The third-order valence-corrected chi connectivity index (χ3v) is 6.33. The second kappa shape index (κ2) is 8.09. The van der Waals surface area contributed by atoms with Crippen LogP contribution >= 0.6 is 0 Å². The zero-order valence-corrected chi connectivity index (χ0v) is 17.3. The fourth-order valence-corrected chi connectivity index (χ4v) is 4.59. The Morgan fingerprint density at radius 3 is 2.59 bits per heavy atom. The molecule has 0 radical (unpaired) electrons. The number of hydrogen-bond donors (Lipinski definition) is 1. The zero-order chi connectivity index (χ0) is 22.3. The average Bonchev–Trinajstić information content (AvgIpc) is 3.46. The van der Waals surface area contributed by atoms with Crippen LogP contribution in [0.1, 0.15) is 51.4 Å². The van der Waals surface area contributed by atoms with Gasteiger partial charge in [0.1, 0.15) is 11.5 Å². The molecule has 8 heteroatoms. The highest BCUT2D eigenvalue weighted by Gasteiger charge is 2.34. The molecule has 2 aliphatic rings. The highest BCUT2D eigenvalue weighted by Crippen LogP contribution is 2.34. The van der Waals surface area contributed by atoms with Crippen LogP contribution in [-0.4, -0.2) is 33.4 Å². The summed E-state index contributed by atoms with van der Waals surface area (Å²) in [7, 11) is 0. The Morgan fingerprint density at radius 1 is 1.03 bits per heavy atom. The molecule has 32 heavy (non-hydrogen) atoms. The second-order valence-corrected chi connectivity index (χ2v) is 8.40. The number of aromatic nitrogens is 2. The van der Waals surface area contributed by atoms with Crippen LogP contribution in [0.3, 0.4) is 0 Å². The number of carbonyl (C=O) groups is 1. The van der Waals surface area contributed by atoms with Gasteiger partial charge < -0.3 is 14.8 Å². The first-order valence-electron chi connectivity index (χ1n) is 10.7. The van der Waals surface area contributed by atoms with Gasteiger partial charge in [-0.05, 0) is 23.6 Å². The molecule has 2 unspecified atom stereocenters. The normalized spacial score (nSPS) is 20.9. The maximum absolute atomic E-state index is 13.1. The Labute approximate surface area is 183 Å². The van der Waals surface area contributed by atoms with E-state index in [-0.39, 0.29) is 17.9 Å². The van der Waals surface area contributed by atoms with E-state index in [4.69, 9.17) is 0 Å². The summed E-state index contributed by atoms with van der Waals surface area (Å²) in [6, 6.07) is 15.7. The summed E-state index contributed by atoms with van der Waals surface area (Å²) in [5.41, 5.74) is 1.54. The van der Waals surface area contributed by atoms with Gasteiger partial charge in [-0.3, -0.25) is 4.79 Å². The maximum atomic E-state index is 13.1. The van der Waals surface area contributed by atoms with Crippen molar-refractivity contribution >= 4 is 5.91 Å². The number of nitrogens with one attached hydrogen (secondary N) is 1. The fraction of sp³-hybridized carbons (Fsp3) is 0.333. The summed E-state index contributed by atoms with van der Waals surface area (Å²) >= 11 is 0. The van der Waals surface area contributed by atoms with E-state index in [2.05, 4.69) is 22.4 Å². The molecule has 2 aliphatic heterocycles. The van der Waals surface area contributed by atoms with Crippen molar-refractivity contribution in [1.29, 1.82) is 0 Å². The summed E-state index contributed by atoms with van der Waals surface area (Å²) in [5.74, 6) is 0.536. The van der Waals surface area contributed by atoms with Gasteiger partial charge in [0.15, 0.2) is 0 Å². The van der Waals surface area contributed by atoms with Gasteiger partial charge in [-0.25, -0.2) is 4.98 Å². The van der Waals surface area contributed by atoms with Gasteiger partial charge in [0.2, 0.25) is 0 Å². The standard InChI is InChI=1S/C24H23F3N4O/c25-24(26,27)19-8-4-7-17(11-19)18-9-10-30(13-18)23(32)21-15-31-14-20(28-12-22(31)29-21)16-5-2-1-3-6-16/h1-8,11,15,18,20,28H,9-10,12-14H2. The number of fused-ring (bicyclic) bond motifs is 1. The molecule has 166 valence electrons. The lowest BCUT2D eigenvalue weighted by Crippen LogP contribution is -2.32. The lowest BCUT2D eigenvalue weighted by atomic mass is 9.96. The summed E-state index contributed by atoms with van der Waals surface area (Å²) in [6.07, 6.45) is -1.93. The molecule has 1 saturated heterocycles. The van der Waals surface area contributed by atoms with Crippen molar-refractivity contribution < 1.29 is 18.0 Å². The third-order valence-electron chi connectivity index (χ3n) is 6.33. The third kappa shape index (κ3) is 4.02. The van der Waals surface area contributed by atoms with E-state index < -0.39 is 11.7 Å². The minimum absolute atomic E-state index is 0.109. The van der Waals surface area contributed by atoms with Crippen LogP contribution < -0.4 is 5.32 Å². The minimum atomic E-state index is -4.37. The van der Waals surface area contributed by atoms with Gasteiger partial charge in [-0.1, -0.05) is 48.5 Å². The number of alkyl halides is 3. The van der Waals surface area contributed by atoms with Gasteiger partial charge in [0, 0.05) is 31.7 Å². The summed E-state index contributed by atoms with van der Waals surface area (Å²) < 4.78 is 41.2. The topological polar surface area (TPSA) is 50.2 Å². The summed E-state index contributed by atoms with van der Waals surface area (Å²) in [6.45, 7) is 2.16. The molecule has 1 amide bonds. The van der Waals surface area contributed by atoms with Crippen molar-refractivity contribution in [2.24, 2.45) is 0 Å². The van der Waals surface area contributed by atoms with Crippen LogP contribution in [0.5, 0.6) is 0 Å². The van der Waals surface area contributed by atoms with E-state index in [0.717, 1.165) is 11.9 Å². The molecular weight excluding hydrogens is 417 g/mol. The van der Waals surface area contributed by atoms with Crippen molar-refractivity contribution in [2.45, 2.75) is 37.6 Å². The Morgan fingerprint density at radius 2 is 1.81 bits per heavy atom. The van der Waals surface area contributed by atoms with Crippen molar-refractivity contribution in [3.8, 4) is 0 Å². The van der Waals surface area contributed by atoms with Crippen molar-refractivity contribution in [1.82, 2.24) is 19.8 Å². The maximum Gasteiger partial charge on any atom is 0.416 e. The lowest BCUT2D eigenvalue weighted by molar-refractivity contribution is -0.137. The van der Waals surface area contributed by atoms with Crippen LogP contribution in [0, 0.1) is 0 Å². The molecule has 5 nitrogen and oxygen atoms in total. The molecule has 1 aromatic heterocycles. The molecule has 0 bridgehead atoms. The quantitative estimate of drug-likeness (QED) is 0.658. The molecule has 3 aromatic rings. The van der Waals surface area contributed by atoms with Gasteiger partial charge >= 0.3 is 6.18 Å². The Bertz CT molecular complexity index is 1130. The minimum Gasteiger partial charge on any atom is -0.337 e. The Balaban J connectivity index is 1.28. The van der Waals surface area contributed by atoms with Crippen LogP contribution in [0.25, 0.3) is 0 Å². The Kier molecular flexibility index (Phi) is 5.25. The largest absolute Gasteiger partial charge is 0.416 e. The second-order valence-electron chi connectivity index (χ2n) is 8.40. The monoisotopic (exact) mass is 440 g/mol. The molecular formula is C24H23F3N4O. The SMILES string of the molecule is O=C(c1cn2c(n1)CNC(c1ccccc1)C2)N1CCC(c2cccc(C(F)(F)F)c2)C1. The van der Waals surface area contributed by atoms with Crippen molar-refractivity contribution in [3.63, 3.8) is 0 Å². The van der Waals surface area contributed by atoms with Crippen LogP contribution in [0.2, 0.25) is 0 Å². The molecule has 0 aliphatic carbocycles. The number of rotatable bonds is 3. The van der Waals surface area contributed by atoms with E-state index in [1.54, 1.807) is 17.2 Å². The van der Waals surface area contributed by atoms with E-state index >= 15 is 0 Å². The zero-order valence-electron chi connectivity index (χ0n) is 17.3. The molecule has 5 rings (SSSR count). The van der Waals surface area contributed by atoms with Gasteiger partial charge in [0.05, 0.1) is 18.2 Å². The predicted octanol–water partition coefficient (Wildman–Crippen LogP) is 4.38. The van der Waals surface area contributed by atoms with Crippen LogP contribution in [0.15, 0.2) is 60.8 Å². The molecule has 0 spiro atoms. The highest BCUT2D eigenvalue weighted by atomic mass is 19.4.